The molecule has 0 aliphatic carbocycles. The first-order chi connectivity index (χ1) is 12.6. The fraction of sp³-hybridized carbons (Fsp3) is 0.278. The summed E-state index contributed by atoms with van der Waals surface area (Å²) in [5, 5.41) is 7.91. The second-order valence-electron chi connectivity index (χ2n) is 5.76. The lowest BCUT2D eigenvalue weighted by Gasteiger charge is -2.10. The predicted molar refractivity (Wildman–Crippen MR) is 96.4 cm³/mol. The van der Waals surface area contributed by atoms with Crippen LogP contribution < -0.4 is 16.0 Å². The number of para-hydroxylation sites is 2. The summed E-state index contributed by atoms with van der Waals surface area (Å²) in [6, 6.07) is 11.0. The number of amides is 3. The number of hydrogen-bond acceptors (Lipinski definition) is 4. The standard InChI is InChI=1S/C18H21N5O3/c1-13-22-15-6-2-3-7-16(15)23(13)9-8-19-17(24)12-21-18(25)20-11-14-5-4-10-26-14/h2-7,10H,8-9,11-12H2,1H3,(H,19,24)(H2,20,21,25). The minimum absolute atomic E-state index is 0.0896. The second-order valence-corrected chi connectivity index (χ2v) is 5.76. The number of nitrogens with one attached hydrogen (secondary N) is 3. The molecule has 3 rings (SSSR count). The van der Waals surface area contributed by atoms with Crippen LogP contribution >= 0.6 is 0 Å². The van der Waals surface area contributed by atoms with Crippen LogP contribution in [0.3, 0.4) is 0 Å². The molecular formula is C18H21N5O3. The van der Waals surface area contributed by atoms with Crippen LogP contribution in [0.1, 0.15) is 11.6 Å². The lowest BCUT2D eigenvalue weighted by molar-refractivity contribution is -0.120. The maximum Gasteiger partial charge on any atom is 0.315 e. The number of carbonyl (C=O) groups excluding carboxylic acids is 2. The molecule has 2 aromatic heterocycles. The topological polar surface area (TPSA) is 101 Å². The molecule has 1 aromatic carbocycles. The maximum atomic E-state index is 11.9. The van der Waals surface area contributed by atoms with Crippen molar-refractivity contribution in [3.63, 3.8) is 0 Å². The van der Waals surface area contributed by atoms with Crippen molar-refractivity contribution in [1.29, 1.82) is 0 Å². The number of aromatic nitrogens is 2. The van der Waals surface area contributed by atoms with Crippen molar-refractivity contribution in [2.24, 2.45) is 0 Å². The normalized spacial score (nSPS) is 10.7. The van der Waals surface area contributed by atoms with Crippen molar-refractivity contribution >= 4 is 23.0 Å². The van der Waals surface area contributed by atoms with Crippen molar-refractivity contribution in [2.45, 2.75) is 20.0 Å². The lowest BCUT2D eigenvalue weighted by Crippen LogP contribution is -2.42. The number of urea groups is 1. The van der Waals surface area contributed by atoms with Gasteiger partial charge in [-0.2, -0.15) is 0 Å². The Kier molecular flexibility index (Phi) is 5.52. The van der Waals surface area contributed by atoms with Gasteiger partial charge in [-0.15, -0.1) is 0 Å². The zero-order valence-electron chi connectivity index (χ0n) is 14.5. The van der Waals surface area contributed by atoms with Gasteiger partial charge in [0.25, 0.3) is 0 Å². The number of hydrogen-bond donors (Lipinski definition) is 3. The molecule has 3 aromatic rings. The van der Waals surface area contributed by atoms with Gasteiger partial charge < -0.3 is 24.9 Å². The molecule has 0 spiro atoms. The highest BCUT2D eigenvalue weighted by atomic mass is 16.3. The summed E-state index contributed by atoms with van der Waals surface area (Å²) in [6.07, 6.45) is 1.54. The molecule has 0 atom stereocenters. The third-order valence-corrected chi connectivity index (χ3v) is 3.92. The average Bonchev–Trinajstić information content (AvgIpc) is 3.26. The summed E-state index contributed by atoms with van der Waals surface area (Å²) in [4.78, 5) is 28.0. The number of imidazole rings is 1. The Hall–Kier alpha value is -3.29. The number of nitrogens with zero attached hydrogens (tertiary/aromatic N) is 2. The van der Waals surface area contributed by atoms with E-state index in [-0.39, 0.29) is 19.0 Å². The van der Waals surface area contributed by atoms with Gasteiger partial charge in [-0.3, -0.25) is 4.79 Å². The molecule has 0 saturated carbocycles. The van der Waals surface area contributed by atoms with E-state index >= 15 is 0 Å². The van der Waals surface area contributed by atoms with Crippen LogP contribution in [-0.2, 0) is 17.9 Å². The van der Waals surface area contributed by atoms with E-state index < -0.39 is 6.03 Å². The Morgan fingerprint density at radius 2 is 1.96 bits per heavy atom. The first-order valence-corrected chi connectivity index (χ1v) is 8.36. The maximum absolute atomic E-state index is 11.9. The summed E-state index contributed by atoms with van der Waals surface area (Å²) < 4.78 is 7.16. The molecule has 0 aliphatic rings. The molecule has 0 bridgehead atoms. The zero-order chi connectivity index (χ0) is 18.4. The molecule has 0 fully saturated rings. The first kappa shape index (κ1) is 17.5. The Morgan fingerprint density at radius 3 is 2.77 bits per heavy atom. The summed E-state index contributed by atoms with van der Waals surface area (Å²) >= 11 is 0. The van der Waals surface area contributed by atoms with Gasteiger partial charge in [-0.1, -0.05) is 12.1 Å². The largest absolute Gasteiger partial charge is 0.467 e. The van der Waals surface area contributed by atoms with Crippen molar-refractivity contribution in [2.75, 3.05) is 13.1 Å². The number of benzene rings is 1. The molecular weight excluding hydrogens is 334 g/mol. The van der Waals surface area contributed by atoms with E-state index in [0.29, 0.717) is 18.8 Å². The molecule has 8 nitrogen and oxygen atoms in total. The van der Waals surface area contributed by atoms with Crippen LogP contribution in [-0.4, -0.2) is 34.6 Å². The Balaban J connectivity index is 1.38. The monoisotopic (exact) mass is 355 g/mol. The summed E-state index contributed by atoms with van der Waals surface area (Å²) in [6.45, 7) is 3.19. The molecule has 26 heavy (non-hydrogen) atoms. The van der Waals surface area contributed by atoms with Crippen LogP contribution in [0, 0.1) is 6.92 Å². The van der Waals surface area contributed by atoms with Crippen LogP contribution in [0.5, 0.6) is 0 Å². The quantitative estimate of drug-likeness (QED) is 0.598. The molecule has 0 unspecified atom stereocenters. The highest BCUT2D eigenvalue weighted by molar-refractivity contribution is 5.83. The SMILES string of the molecule is Cc1nc2ccccc2n1CCNC(=O)CNC(=O)NCc1ccco1. The molecule has 0 radical (unpaired) electrons. The van der Waals surface area contributed by atoms with E-state index in [1.807, 2.05) is 31.2 Å². The van der Waals surface area contributed by atoms with Crippen LogP contribution in [0.4, 0.5) is 4.79 Å². The van der Waals surface area contributed by atoms with Gasteiger partial charge in [0, 0.05) is 13.1 Å². The fourth-order valence-corrected chi connectivity index (χ4v) is 2.65. The first-order valence-electron chi connectivity index (χ1n) is 8.36. The number of rotatable bonds is 7. The summed E-state index contributed by atoms with van der Waals surface area (Å²) in [5.74, 6) is 1.30. The van der Waals surface area contributed by atoms with Crippen LogP contribution in [0.2, 0.25) is 0 Å². The van der Waals surface area contributed by atoms with Gasteiger partial charge in [0.1, 0.15) is 11.6 Å². The number of aryl methyl sites for hydroxylation is 1. The fourth-order valence-electron chi connectivity index (χ4n) is 2.65. The Labute approximate surface area is 150 Å². The molecule has 8 heteroatoms. The molecule has 136 valence electrons. The number of fused-ring (bicyclic) bond motifs is 1. The molecule has 3 amide bonds. The van der Waals surface area contributed by atoms with Crippen molar-refractivity contribution in [3.05, 3.63) is 54.2 Å². The third kappa shape index (κ3) is 4.41. The van der Waals surface area contributed by atoms with E-state index in [4.69, 9.17) is 4.42 Å². The van der Waals surface area contributed by atoms with Gasteiger partial charge in [0.05, 0.1) is 30.4 Å². The minimum atomic E-state index is -0.423. The van der Waals surface area contributed by atoms with Gasteiger partial charge in [-0.05, 0) is 31.2 Å². The van der Waals surface area contributed by atoms with Crippen molar-refractivity contribution in [1.82, 2.24) is 25.5 Å². The molecule has 3 N–H and O–H groups in total. The van der Waals surface area contributed by atoms with Gasteiger partial charge >= 0.3 is 6.03 Å². The van der Waals surface area contributed by atoms with E-state index in [0.717, 1.165) is 16.9 Å². The van der Waals surface area contributed by atoms with Crippen molar-refractivity contribution < 1.29 is 14.0 Å². The van der Waals surface area contributed by atoms with E-state index in [9.17, 15) is 9.59 Å². The second kappa shape index (κ2) is 8.19. The highest BCUT2D eigenvalue weighted by Gasteiger charge is 2.08. The number of furan rings is 1. The highest BCUT2D eigenvalue weighted by Crippen LogP contribution is 2.14. The molecule has 0 aliphatic heterocycles. The van der Waals surface area contributed by atoms with Gasteiger partial charge in [0.15, 0.2) is 0 Å². The van der Waals surface area contributed by atoms with E-state index in [1.165, 1.54) is 6.26 Å². The third-order valence-electron chi connectivity index (χ3n) is 3.92. The zero-order valence-corrected chi connectivity index (χ0v) is 14.5. The predicted octanol–water partition coefficient (Wildman–Crippen LogP) is 1.55. The molecule has 2 heterocycles. The number of carbonyl (C=O) groups is 2. The van der Waals surface area contributed by atoms with Crippen LogP contribution in [0.15, 0.2) is 47.1 Å². The van der Waals surface area contributed by atoms with Crippen LogP contribution in [0.25, 0.3) is 11.0 Å². The van der Waals surface area contributed by atoms with E-state index in [1.54, 1.807) is 12.1 Å². The smallest absolute Gasteiger partial charge is 0.315 e. The average molecular weight is 355 g/mol. The Bertz CT molecular complexity index is 886. The Morgan fingerprint density at radius 1 is 1.12 bits per heavy atom. The lowest BCUT2D eigenvalue weighted by atomic mass is 10.3. The van der Waals surface area contributed by atoms with E-state index in [2.05, 4.69) is 25.5 Å². The molecule has 0 saturated heterocycles. The van der Waals surface area contributed by atoms with Gasteiger partial charge in [0.2, 0.25) is 5.91 Å². The van der Waals surface area contributed by atoms with Crippen molar-refractivity contribution in [3.8, 4) is 0 Å². The minimum Gasteiger partial charge on any atom is -0.467 e. The van der Waals surface area contributed by atoms with Gasteiger partial charge in [-0.25, -0.2) is 9.78 Å². The summed E-state index contributed by atoms with van der Waals surface area (Å²) in [7, 11) is 0. The summed E-state index contributed by atoms with van der Waals surface area (Å²) in [5.41, 5.74) is 1.97.